The summed E-state index contributed by atoms with van der Waals surface area (Å²) in [7, 11) is 0. The molecule has 42 heavy (non-hydrogen) atoms. The fraction of sp³-hybridized carbons (Fsp3) is 0.207. The maximum atomic E-state index is 13.4. The molecule has 0 saturated carbocycles. The summed E-state index contributed by atoms with van der Waals surface area (Å²) in [4.78, 5) is 41.0. The maximum absolute atomic E-state index is 13.4. The Bertz CT molecular complexity index is 1770. The number of morpholine rings is 1. The van der Waals surface area contributed by atoms with Crippen LogP contribution in [0.15, 0.2) is 67.4 Å². The Labute approximate surface area is 237 Å². The second kappa shape index (κ2) is 11.1. The summed E-state index contributed by atoms with van der Waals surface area (Å²) < 4.78 is 45.8. The van der Waals surface area contributed by atoms with Crippen LogP contribution >= 0.6 is 0 Å². The first-order chi connectivity index (χ1) is 20.3. The van der Waals surface area contributed by atoms with Crippen LogP contribution in [-0.2, 0) is 17.3 Å². The molecule has 212 valence electrons. The average Bonchev–Trinajstić information content (AvgIpc) is 3.00. The number of ketones is 1. The van der Waals surface area contributed by atoms with Crippen LogP contribution in [-0.4, -0.2) is 62.0 Å². The van der Waals surface area contributed by atoms with Gasteiger partial charge in [-0.3, -0.25) is 14.8 Å². The Morgan fingerprint density at radius 1 is 0.929 bits per heavy atom. The Kier molecular flexibility index (Phi) is 7.17. The number of carbonyl (C=O) groups is 1. The van der Waals surface area contributed by atoms with Gasteiger partial charge in [0.25, 0.3) is 0 Å². The highest BCUT2D eigenvalue weighted by atomic mass is 19.4. The average molecular weight is 573 g/mol. The first-order valence-electron chi connectivity index (χ1n) is 13.0. The Balaban J connectivity index is 1.36. The van der Waals surface area contributed by atoms with E-state index < -0.39 is 23.1 Å². The van der Waals surface area contributed by atoms with E-state index in [1.165, 1.54) is 0 Å². The molecule has 0 aliphatic carbocycles. The fourth-order valence-electron chi connectivity index (χ4n) is 4.74. The van der Waals surface area contributed by atoms with E-state index in [2.05, 4.69) is 19.9 Å². The second-order valence-electron chi connectivity index (χ2n) is 9.61. The minimum Gasteiger partial charge on any atom is -0.378 e. The number of benzene rings is 1. The molecule has 1 fully saturated rings. The van der Waals surface area contributed by atoms with E-state index in [1.54, 1.807) is 36.8 Å². The van der Waals surface area contributed by atoms with Crippen LogP contribution in [0.5, 0.6) is 0 Å². The molecule has 0 spiro atoms. The SMILES string of the molecule is Nc1ncc(-c2nc(N3CCOCC3)c3ncc(-c4cccc(CC(=O)c5cnccc5C(F)(F)F)c4)cc3n2)cn1. The lowest BCUT2D eigenvalue weighted by atomic mass is 9.97. The summed E-state index contributed by atoms with van der Waals surface area (Å²) in [5.41, 5.74) is 7.93. The number of rotatable bonds is 6. The van der Waals surface area contributed by atoms with Gasteiger partial charge in [-0.1, -0.05) is 24.3 Å². The summed E-state index contributed by atoms with van der Waals surface area (Å²) in [5, 5.41) is 0. The lowest BCUT2D eigenvalue weighted by molar-refractivity contribution is -0.138. The zero-order valence-electron chi connectivity index (χ0n) is 22.0. The molecular weight excluding hydrogens is 549 g/mol. The zero-order chi connectivity index (χ0) is 29.3. The number of ether oxygens (including phenoxy) is 1. The number of nitrogen functional groups attached to an aromatic ring is 1. The van der Waals surface area contributed by atoms with Crippen LogP contribution in [0.25, 0.3) is 33.5 Å². The molecule has 6 rings (SSSR count). The number of nitrogens with two attached hydrogens (primary N) is 1. The third-order valence-electron chi connectivity index (χ3n) is 6.81. The Hall–Kier alpha value is -5.04. The van der Waals surface area contributed by atoms with E-state index >= 15 is 0 Å². The summed E-state index contributed by atoms with van der Waals surface area (Å²) in [6.45, 7) is 2.38. The number of hydrogen-bond acceptors (Lipinski definition) is 10. The van der Waals surface area contributed by atoms with Gasteiger partial charge in [-0.05, 0) is 23.3 Å². The molecular formula is C29H23F3N8O2. The molecule has 4 aromatic heterocycles. The van der Waals surface area contributed by atoms with Crippen molar-refractivity contribution < 1.29 is 22.7 Å². The summed E-state index contributed by atoms with van der Waals surface area (Å²) in [6, 6.07) is 9.69. The fourth-order valence-corrected chi connectivity index (χ4v) is 4.74. The van der Waals surface area contributed by atoms with Crippen LogP contribution in [0.2, 0.25) is 0 Å². The van der Waals surface area contributed by atoms with E-state index in [4.69, 9.17) is 25.4 Å². The van der Waals surface area contributed by atoms with Crippen molar-refractivity contribution in [2.45, 2.75) is 12.6 Å². The molecule has 5 aromatic rings. The molecule has 1 aliphatic heterocycles. The molecule has 10 nitrogen and oxygen atoms in total. The molecule has 0 bridgehead atoms. The van der Waals surface area contributed by atoms with Crippen molar-refractivity contribution in [2.24, 2.45) is 0 Å². The predicted molar refractivity (Wildman–Crippen MR) is 149 cm³/mol. The van der Waals surface area contributed by atoms with Crippen LogP contribution in [0.1, 0.15) is 21.5 Å². The number of Topliss-reactive ketones (excluding diaryl/α,β-unsaturated/α-hetero) is 1. The van der Waals surface area contributed by atoms with Gasteiger partial charge in [-0.15, -0.1) is 0 Å². The van der Waals surface area contributed by atoms with Gasteiger partial charge < -0.3 is 15.4 Å². The van der Waals surface area contributed by atoms with Crippen molar-refractivity contribution in [2.75, 3.05) is 36.9 Å². The van der Waals surface area contributed by atoms with E-state index in [9.17, 15) is 18.0 Å². The molecule has 0 amide bonds. The number of alkyl halides is 3. The normalized spacial score (nSPS) is 13.8. The van der Waals surface area contributed by atoms with Gasteiger partial charge in [0.2, 0.25) is 5.95 Å². The molecule has 1 aromatic carbocycles. The largest absolute Gasteiger partial charge is 0.417 e. The number of nitrogens with zero attached hydrogens (tertiary/aromatic N) is 7. The highest BCUT2D eigenvalue weighted by Gasteiger charge is 2.35. The van der Waals surface area contributed by atoms with Gasteiger partial charge in [0, 0.05) is 61.6 Å². The lowest BCUT2D eigenvalue weighted by Crippen LogP contribution is -2.37. The quantitative estimate of drug-likeness (QED) is 0.292. The van der Waals surface area contributed by atoms with Gasteiger partial charge in [0.05, 0.1) is 29.9 Å². The number of anilines is 2. The van der Waals surface area contributed by atoms with Crippen molar-refractivity contribution in [3.05, 3.63) is 84.1 Å². The molecule has 1 saturated heterocycles. The topological polar surface area (TPSA) is 133 Å². The summed E-state index contributed by atoms with van der Waals surface area (Å²) in [6.07, 6.45) is 1.88. The van der Waals surface area contributed by atoms with Crippen LogP contribution in [0, 0.1) is 0 Å². The van der Waals surface area contributed by atoms with Crippen LogP contribution < -0.4 is 10.6 Å². The number of aromatic nitrogens is 6. The number of pyridine rings is 2. The highest BCUT2D eigenvalue weighted by Crippen LogP contribution is 2.33. The first-order valence-corrected chi connectivity index (χ1v) is 13.0. The summed E-state index contributed by atoms with van der Waals surface area (Å²) in [5.74, 6) is 0.507. The zero-order valence-corrected chi connectivity index (χ0v) is 22.0. The van der Waals surface area contributed by atoms with E-state index in [0.29, 0.717) is 65.7 Å². The van der Waals surface area contributed by atoms with Crippen molar-refractivity contribution in [3.8, 4) is 22.5 Å². The number of carbonyl (C=O) groups excluding carboxylic acids is 1. The monoisotopic (exact) mass is 572 g/mol. The Morgan fingerprint density at radius 2 is 1.69 bits per heavy atom. The second-order valence-corrected chi connectivity index (χ2v) is 9.61. The van der Waals surface area contributed by atoms with E-state index in [1.807, 2.05) is 12.1 Å². The van der Waals surface area contributed by atoms with Gasteiger partial charge in [-0.2, -0.15) is 13.2 Å². The predicted octanol–water partition coefficient (Wildman–Crippen LogP) is 4.41. The third kappa shape index (κ3) is 5.59. The molecule has 1 aliphatic rings. The minimum atomic E-state index is -4.66. The van der Waals surface area contributed by atoms with E-state index in [-0.39, 0.29) is 12.4 Å². The molecule has 0 radical (unpaired) electrons. The molecule has 0 atom stereocenters. The van der Waals surface area contributed by atoms with Crippen molar-refractivity contribution >= 4 is 28.6 Å². The van der Waals surface area contributed by atoms with Crippen LogP contribution in [0.4, 0.5) is 24.9 Å². The number of fused-ring (bicyclic) bond motifs is 1. The molecule has 5 heterocycles. The smallest absolute Gasteiger partial charge is 0.378 e. The van der Waals surface area contributed by atoms with Crippen molar-refractivity contribution in [1.82, 2.24) is 29.9 Å². The summed E-state index contributed by atoms with van der Waals surface area (Å²) >= 11 is 0. The van der Waals surface area contributed by atoms with Crippen molar-refractivity contribution in [3.63, 3.8) is 0 Å². The van der Waals surface area contributed by atoms with E-state index in [0.717, 1.165) is 24.0 Å². The highest BCUT2D eigenvalue weighted by molar-refractivity contribution is 5.99. The molecule has 0 unspecified atom stereocenters. The Morgan fingerprint density at radius 3 is 2.45 bits per heavy atom. The first kappa shape index (κ1) is 27.1. The minimum absolute atomic E-state index is 0.133. The number of halogens is 3. The number of hydrogen-bond donors (Lipinski definition) is 1. The maximum Gasteiger partial charge on any atom is 0.417 e. The lowest BCUT2D eigenvalue weighted by Gasteiger charge is -2.28. The van der Waals surface area contributed by atoms with Gasteiger partial charge in [0.15, 0.2) is 17.4 Å². The third-order valence-corrected chi connectivity index (χ3v) is 6.81. The van der Waals surface area contributed by atoms with Gasteiger partial charge >= 0.3 is 6.18 Å². The van der Waals surface area contributed by atoms with Gasteiger partial charge in [-0.25, -0.2) is 19.9 Å². The van der Waals surface area contributed by atoms with Crippen LogP contribution in [0.3, 0.4) is 0 Å². The molecule has 2 N–H and O–H groups in total. The molecule has 13 heteroatoms. The van der Waals surface area contributed by atoms with Crippen molar-refractivity contribution in [1.29, 1.82) is 0 Å². The standard InChI is InChI=1S/C29H23F3N8O2/c30-29(31,32)22-4-5-34-16-21(22)24(41)11-17-2-1-3-18(10-17)19-12-23-25(35-13-19)27(40-6-8-42-9-7-40)39-26(38-23)20-14-36-28(33)37-15-20/h1-5,10,12-16H,6-9,11H2,(H2,33,36,37). The van der Waals surface area contributed by atoms with Gasteiger partial charge in [0.1, 0.15) is 5.52 Å².